The minimum absolute atomic E-state index is 0.0433. The third-order valence-electron chi connectivity index (χ3n) is 1.91. The van der Waals surface area contributed by atoms with Crippen LogP contribution in [0.1, 0.15) is 26.7 Å². The van der Waals surface area contributed by atoms with Gasteiger partial charge < -0.3 is 4.74 Å². The molecule has 0 aromatic carbocycles. The summed E-state index contributed by atoms with van der Waals surface area (Å²) in [5.74, 6) is 0. The molecule has 0 bridgehead atoms. The van der Waals surface area contributed by atoms with Crippen molar-refractivity contribution in [2.75, 3.05) is 6.54 Å². The Bertz CT molecular complexity index is 185. The minimum atomic E-state index is 0.0433. The van der Waals surface area contributed by atoms with Crippen molar-refractivity contribution in [3.05, 3.63) is 0 Å². The SMILES string of the molecule is CC1(C)CCC(CN=C=S)O1. The standard InChI is InChI=1S/C8H13NOS/c1-8(2)4-3-7(10-8)5-9-6-11/h7H,3-5H2,1-2H3. The van der Waals surface area contributed by atoms with Crippen LogP contribution in [0.3, 0.4) is 0 Å². The average Bonchev–Trinajstić information content (AvgIpc) is 2.26. The summed E-state index contributed by atoms with van der Waals surface area (Å²) in [6, 6.07) is 0. The number of nitrogens with zero attached hydrogens (tertiary/aromatic N) is 1. The molecule has 11 heavy (non-hydrogen) atoms. The van der Waals surface area contributed by atoms with Crippen molar-refractivity contribution in [3.63, 3.8) is 0 Å². The van der Waals surface area contributed by atoms with Crippen LogP contribution in [0.2, 0.25) is 0 Å². The predicted molar refractivity (Wildman–Crippen MR) is 48.1 cm³/mol. The normalized spacial score (nSPS) is 28.0. The van der Waals surface area contributed by atoms with Gasteiger partial charge in [0.1, 0.15) is 0 Å². The van der Waals surface area contributed by atoms with Gasteiger partial charge in [-0.2, -0.15) is 0 Å². The van der Waals surface area contributed by atoms with Crippen LogP contribution in [0.5, 0.6) is 0 Å². The fraction of sp³-hybridized carbons (Fsp3) is 0.875. The second-order valence-corrected chi connectivity index (χ2v) is 3.65. The van der Waals surface area contributed by atoms with Crippen LogP contribution in [-0.2, 0) is 4.74 Å². The molecule has 0 aromatic heterocycles. The molecule has 0 saturated carbocycles. The topological polar surface area (TPSA) is 21.6 Å². The second-order valence-electron chi connectivity index (χ2n) is 3.47. The van der Waals surface area contributed by atoms with E-state index < -0.39 is 0 Å². The quantitative estimate of drug-likeness (QED) is 0.468. The summed E-state index contributed by atoms with van der Waals surface area (Å²) >= 11 is 4.47. The van der Waals surface area contributed by atoms with Crippen LogP contribution in [0, 0.1) is 0 Å². The van der Waals surface area contributed by atoms with Gasteiger partial charge in [-0.15, -0.1) is 0 Å². The van der Waals surface area contributed by atoms with Gasteiger partial charge in [-0.1, -0.05) is 0 Å². The minimum Gasteiger partial charge on any atom is -0.370 e. The molecule has 3 heteroatoms. The largest absolute Gasteiger partial charge is 0.370 e. The van der Waals surface area contributed by atoms with E-state index in [-0.39, 0.29) is 11.7 Å². The van der Waals surface area contributed by atoms with Gasteiger partial charge in [0.25, 0.3) is 0 Å². The lowest BCUT2D eigenvalue weighted by Crippen LogP contribution is -2.21. The molecule has 1 aliphatic rings. The lowest BCUT2D eigenvalue weighted by atomic mass is 10.1. The fourth-order valence-electron chi connectivity index (χ4n) is 1.35. The molecule has 2 nitrogen and oxygen atoms in total. The molecule has 1 heterocycles. The molecule has 0 aromatic rings. The lowest BCUT2D eigenvalue weighted by Gasteiger charge is -2.17. The Morgan fingerprint density at radius 2 is 2.45 bits per heavy atom. The van der Waals surface area contributed by atoms with E-state index in [1.807, 2.05) is 0 Å². The van der Waals surface area contributed by atoms with Gasteiger partial charge in [-0.3, -0.25) is 0 Å². The van der Waals surface area contributed by atoms with E-state index >= 15 is 0 Å². The van der Waals surface area contributed by atoms with Gasteiger partial charge in [0.05, 0.1) is 23.4 Å². The molecule has 1 fully saturated rings. The maximum absolute atomic E-state index is 5.67. The van der Waals surface area contributed by atoms with Gasteiger partial charge in [0.2, 0.25) is 0 Å². The Balaban J connectivity index is 2.36. The van der Waals surface area contributed by atoms with E-state index in [1.165, 1.54) is 0 Å². The smallest absolute Gasteiger partial charge is 0.0786 e. The number of thiocarbonyl (C=S) groups is 1. The molecule has 1 aliphatic heterocycles. The highest BCUT2D eigenvalue weighted by Crippen LogP contribution is 2.29. The monoisotopic (exact) mass is 171 g/mol. The molecule has 62 valence electrons. The lowest BCUT2D eigenvalue weighted by molar-refractivity contribution is -0.0105. The van der Waals surface area contributed by atoms with Crippen molar-refractivity contribution in [1.29, 1.82) is 0 Å². The van der Waals surface area contributed by atoms with Crippen molar-refractivity contribution in [2.45, 2.75) is 38.4 Å². The molecule has 0 aliphatic carbocycles. The summed E-state index contributed by atoms with van der Waals surface area (Å²) in [7, 11) is 0. The van der Waals surface area contributed by atoms with Crippen LogP contribution in [-0.4, -0.2) is 23.4 Å². The van der Waals surface area contributed by atoms with E-state index in [2.05, 4.69) is 36.2 Å². The number of aliphatic imine (C=N–C) groups is 1. The maximum Gasteiger partial charge on any atom is 0.0786 e. The molecule has 1 saturated heterocycles. The van der Waals surface area contributed by atoms with Crippen molar-refractivity contribution in [1.82, 2.24) is 0 Å². The molecular weight excluding hydrogens is 158 g/mol. The fourth-order valence-corrected chi connectivity index (χ4v) is 1.42. The first-order valence-corrected chi connectivity index (χ1v) is 4.26. The Labute approximate surface area is 72.7 Å². The van der Waals surface area contributed by atoms with Crippen molar-refractivity contribution >= 4 is 17.4 Å². The summed E-state index contributed by atoms with van der Waals surface area (Å²) in [5, 5.41) is 2.35. The zero-order chi connectivity index (χ0) is 8.32. The van der Waals surface area contributed by atoms with Crippen LogP contribution in [0.25, 0.3) is 0 Å². The van der Waals surface area contributed by atoms with E-state index in [9.17, 15) is 0 Å². The summed E-state index contributed by atoms with van der Waals surface area (Å²) in [5.41, 5.74) is 0.0433. The third-order valence-corrected chi connectivity index (χ3v) is 2.04. The number of hydrogen-bond donors (Lipinski definition) is 0. The number of isothiocyanates is 1. The first kappa shape index (κ1) is 8.85. The molecule has 1 rings (SSSR count). The van der Waals surface area contributed by atoms with Crippen LogP contribution < -0.4 is 0 Å². The Hall–Kier alpha value is -0.240. The van der Waals surface area contributed by atoms with Gasteiger partial charge in [-0.25, -0.2) is 4.99 Å². The molecule has 1 atom stereocenters. The molecule has 0 amide bonds. The van der Waals surface area contributed by atoms with E-state index in [0.717, 1.165) is 12.8 Å². The molecule has 0 spiro atoms. The summed E-state index contributed by atoms with van der Waals surface area (Å²) in [6.07, 6.45) is 2.47. The third kappa shape index (κ3) is 2.70. The highest BCUT2D eigenvalue weighted by Gasteiger charge is 2.30. The Morgan fingerprint density at radius 3 is 2.91 bits per heavy atom. The van der Waals surface area contributed by atoms with Crippen molar-refractivity contribution < 1.29 is 4.74 Å². The van der Waals surface area contributed by atoms with Crippen LogP contribution in [0.15, 0.2) is 4.99 Å². The maximum atomic E-state index is 5.67. The molecular formula is C8H13NOS. The van der Waals surface area contributed by atoms with Gasteiger partial charge in [0.15, 0.2) is 0 Å². The Kier molecular flexibility index (Phi) is 2.77. The summed E-state index contributed by atoms with van der Waals surface area (Å²) in [4.78, 5) is 3.86. The van der Waals surface area contributed by atoms with E-state index in [4.69, 9.17) is 4.74 Å². The average molecular weight is 171 g/mol. The van der Waals surface area contributed by atoms with E-state index in [1.54, 1.807) is 0 Å². The number of ether oxygens (including phenoxy) is 1. The first-order chi connectivity index (χ1) is 5.14. The second kappa shape index (κ2) is 3.44. The zero-order valence-corrected chi connectivity index (χ0v) is 7.78. The number of hydrogen-bond acceptors (Lipinski definition) is 3. The first-order valence-electron chi connectivity index (χ1n) is 3.85. The van der Waals surface area contributed by atoms with E-state index in [0.29, 0.717) is 6.54 Å². The molecule has 0 radical (unpaired) electrons. The summed E-state index contributed by atoms with van der Waals surface area (Å²) in [6.45, 7) is 4.88. The van der Waals surface area contributed by atoms with Gasteiger partial charge >= 0.3 is 0 Å². The highest BCUT2D eigenvalue weighted by molar-refractivity contribution is 7.78. The van der Waals surface area contributed by atoms with Crippen molar-refractivity contribution in [3.8, 4) is 0 Å². The molecule has 1 unspecified atom stereocenters. The van der Waals surface area contributed by atoms with Gasteiger partial charge in [0, 0.05) is 0 Å². The predicted octanol–water partition coefficient (Wildman–Crippen LogP) is 2.05. The van der Waals surface area contributed by atoms with Crippen LogP contribution in [0.4, 0.5) is 0 Å². The molecule has 0 N–H and O–H groups in total. The summed E-state index contributed by atoms with van der Waals surface area (Å²) < 4.78 is 5.67. The van der Waals surface area contributed by atoms with Gasteiger partial charge in [-0.05, 0) is 38.9 Å². The van der Waals surface area contributed by atoms with Crippen molar-refractivity contribution in [2.24, 2.45) is 4.99 Å². The van der Waals surface area contributed by atoms with Crippen LogP contribution >= 0.6 is 12.2 Å². The Morgan fingerprint density at radius 1 is 1.73 bits per heavy atom. The highest BCUT2D eigenvalue weighted by atomic mass is 32.1. The number of rotatable bonds is 2. The zero-order valence-electron chi connectivity index (χ0n) is 6.96.